The molecule has 0 saturated carbocycles. The molecular weight excluding hydrogens is 307 g/mol. The molecule has 2 rings (SSSR count). The van der Waals surface area contributed by atoms with Crippen molar-refractivity contribution in [3.05, 3.63) is 29.0 Å². The largest absolute Gasteiger partial charge is 0.368 e. The standard InChI is InChI=1S/C12H14ClFN2O3S/c13-8-4-5-11(9(14)7-8)20(18,19)16-6-2-1-3-10(16)12(15)17/h4-5,7,10H,1-3,6H2,(H2,15,17)/t10-/m1/s1. The SMILES string of the molecule is NC(=O)[C@H]1CCCCN1S(=O)(=O)c1ccc(Cl)cc1F. The lowest BCUT2D eigenvalue weighted by Crippen LogP contribution is -2.50. The minimum Gasteiger partial charge on any atom is -0.368 e. The van der Waals surface area contributed by atoms with Gasteiger partial charge in [0.2, 0.25) is 15.9 Å². The monoisotopic (exact) mass is 320 g/mol. The van der Waals surface area contributed by atoms with Gasteiger partial charge in [-0.3, -0.25) is 4.79 Å². The van der Waals surface area contributed by atoms with Crippen molar-refractivity contribution in [2.75, 3.05) is 6.54 Å². The van der Waals surface area contributed by atoms with Gasteiger partial charge in [0.05, 0.1) is 0 Å². The molecule has 8 heteroatoms. The van der Waals surface area contributed by atoms with Crippen LogP contribution in [0.15, 0.2) is 23.1 Å². The molecule has 0 aliphatic carbocycles. The first-order chi connectivity index (χ1) is 9.34. The fourth-order valence-electron chi connectivity index (χ4n) is 2.29. The van der Waals surface area contributed by atoms with E-state index in [1.165, 1.54) is 6.07 Å². The van der Waals surface area contributed by atoms with Crippen LogP contribution in [0.2, 0.25) is 5.02 Å². The van der Waals surface area contributed by atoms with Gasteiger partial charge in [0.1, 0.15) is 16.8 Å². The van der Waals surface area contributed by atoms with Crippen LogP contribution in [0, 0.1) is 5.82 Å². The zero-order valence-corrected chi connectivity index (χ0v) is 12.1. The predicted octanol–water partition coefficient (Wildman–Crippen LogP) is 1.51. The molecule has 1 aliphatic heterocycles. The number of sulfonamides is 1. The maximum absolute atomic E-state index is 13.8. The fourth-order valence-corrected chi connectivity index (χ4v) is 4.16. The van der Waals surface area contributed by atoms with Gasteiger partial charge in [0.15, 0.2) is 0 Å². The number of halogens is 2. The van der Waals surface area contributed by atoms with Crippen molar-refractivity contribution < 1.29 is 17.6 Å². The maximum atomic E-state index is 13.8. The summed E-state index contributed by atoms with van der Waals surface area (Å²) < 4.78 is 39.7. The Labute approximate surface area is 121 Å². The molecule has 2 N–H and O–H groups in total. The quantitative estimate of drug-likeness (QED) is 0.916. The van der Waals surface area contributed by atoms with Crippen molar-refractivity contribution in [1.29, 1.82) is 0 Å². The lowest BCUT2D eigenvalue weighted by Gasteiger charge is -2.32. The molecule has 20 heavy (non-hydrogen) atoms. The molecule has 0 unspecified atom stereocenters. The Balaban J connectivity index is 2.45. The molecule has 0 radical (unpaired) electrons. The lowest BCUT2D eigenvalue weighted by atomic mass is 10.0. The number of amides is 1. The first kappa shape index (κ1) is 15.2. The van der Waals surface area contributed by atoms with Gasteiger partial charge in [0.25, 0.3) is 0 Å². The second-order valence-electron chi connectivity index (χ2n) is 4.60. The summed E-state index contributed by atoms with van der Waals surface area (Å²) in [5.74, 6) is -1.66. The number of benzene rings is 1. The van der Waals surface area contributed by atoms with Gasteiger partial charge in [-0.25, -0.2) is 12.8 Å². The molecule has 1 fully saturated rings. The first-order valence-corrected chi connectivity index (χ1v) is 7.92. The second kappa shape index (κ2) is 5.67. The fraction of sp³-hybridized carbons (Fsp3) is 0.417. The molecule has 0 bridgehead atoms. The maximum Gasteiger partial charge on any atom is 0.246 e. The van der Waals surface area contributed by atoms with E-state index in [4.69, 9.17) is 17.3 Å². The average molecular weight is 321 g/mol. The molecule has 0 spiro atoms. The summed E-state index contributed by atoms with van der Waals surface area (Å²) in [4.78, 5) is 10.9. The molecule has 1 saturated heterocycles. The summed E-state index contributed by atoms with van der Waals surface area (Å²) in [6, 6.07) is 2.39. The normalized spacial score (nSPS) is 20.8. The number of hydrogen-bond acceptors (Lipinski definition) is 3. The van der Waals surface area contributed by atoms with E-state index in [1.807, 2.05) is 0 Å². The van der Waals surface area contributed by atoms with Crippen LogP contribution < -0.4 is 5.73 Å². The van der Waals surface area contributed by atoms with E-state index in [0.29, 0.717) is 19.3 Å². The Morgan fingerprint density at radius 1 is 1.40 bits per heavy atom. The topological polar surface area (TPSA) is 80.5 Å². The van der Waals surface area contributed by atoms with Crippen molar-refractivity contribution in [2.45, 2.75) is 30.2 Å². The summed E-state index contributed by atoms with van der Waals surface area (Å²) in [6.45, 7) is 0.151. The predicted molar refractivity (Wildman–Crippen MR) is 72.1 cm³/mol. The molecule has 1 aromatic carbocycles. The number of rotatable bonds is 3. The van der Waals surface area contributed by atoms with E-state index in [-0.39, 0.29) is 11.6 Å². The van der Waals surface area contributed by atoms with E-state index in [2.05, 4.69) is 0 Å². The number of carbonyl (C=O) groups is 1. The van der Waals surface area contributed by atoms with Gasteiger partial charge in [0, 0.05) is 11.6 Å². The lowest BCUT2D eigenvalue weighted by molar-refractivity contribution is -0.122. The Hall–Kier alpha value is -1.18. The highest BCUT2D eigenvalue weighted by atomic mass is 35.5. The molecule has 1 atom stereocenters. The Morgan fingerprint density at radius 3 is 2.70 bits per heavy atom. The van der Waals surface area contributed by atoms with Crippen molar-refractivity contribution in [2.24, 2.45) is 5.73 Å². The van der Waals surface area contributed by atoms with Crippen LogP contribution in [-0.2, 0) is 14.8 Å². The first-order valence-electron chi connectivity index (χ1n) is 6.10. The number of nitrogens with two attached hydrogens (primary N) is 1. The van der Waals surface area contributed by atoms with Crippen molar-refractivity contribution in [3.8, 4) is 0 Å². The summed E-state index contributed by atoms with van der Waals surface area (Å²) in [6.07, 6.45) is 1.67. The molecule has 1 aliphatic rings. The third-order valence-electron chi connectivity index (χ3n) is 3.26. The van der Waals surface area contributed by atoms with Crippen LogP contribution in [0.4, 0.5) is 4.39 Å². The number of nitrogens with zero attached hydrogens (tertiary/aromatic N) is 1. The number of carbonyl (C=O) groups excluding carboxylic acids is 1. The van der Waals surface area contributed by atoms with Gasteiger partial charge < -0.3 is 5.73 Å². The molecule has 110 valence electrons. The molecular formula is C12H14ClFN2O3S. The molecule has 1 heterocycles. The van der Waals surface area contributed by atoms with Crippen LogP contribution in [0.3, 0.4) is 0 Å². The van der Waals surface area contributed by atoms with Crippen LogP contribution in [0.1, 0.15) is 19.3 Å². The zero-order valence-electron chi connectivity index (χ0n) is 10.6. The minimum atomic E-state index is -4.10. The molecule has 5 nitrogen and oxygen atoms in total. The van der Waals surface area contributed by atoms with Crippen molar-refractivity contribution in [1.82, 2.24) is 4.31 Å². The number of primary amides is 1. The highest BCUT2D eigenvalue weighted by Crippen LogP contribution is 2.27. The van der Waals surface area contributed by atoms with Crippen molar-refractivity contribution >= 4 is 27.5 Å². The van der Waals surface area contributed by atoms with Gasteiger partial charge in [-0.1, -0.05) is 18.0 Å². The number of hydrogen-bond donors (Lipinski definition) is 1. The van der Waals surface area contributed by atoms with Crippen LogP contribution in [-0.4, -0.2) is 31.2 Å². The Bertz CT molecular complexity index is 636. The van der Waals surface area contributed by atoms with Gasteiger partial charge in [-0.05, 0) is 31.0 Å². The summed E-state index contributed by atoms with van der Waals surface area (Å²) in [5.41, 5.74) is 5.23. The Morgan fingerprint density at radius 2 is 2.10 bits per heavy atom. The summed E-state index contributed by atoms with van der Waals surface area (Å²) in [7, 11) is -4.10. The third kappa shape index (κ3) is 2.79. The van der Waals surface area contributed by atoms with E-state index in [9.17, 15) is 17.6 Å². The summed E-state index contributed by atoms with van der Waals surface area (Å²) in [5, 5.41) is 0.103. The zero-order chi connectivity index (χ0) is 14.9. The van der Waals surface area contributed by atoms with Gasteiger partial charge in [-0.2, -0.15) is 4.31 Å². The average Bonchev–Trinajstić information content (AvgIpc) is 2.38. The van der Waals surface area contributed by atoms with Crippen LogP contribution in [0.5, 0.6) is 0 Å². The molecule has 0 aromatic heterocycles. The van der Waals surface area contributed by atoms with Crippen LogP contribution >= 0.6 is 11.6 Å². The van der Waals surface area contributed by atoms with E-state index in [1.54, 1.807) is 0 Å². The summed E-state index contributed by atoms with van der Waals surface area (Å²) >= 11 is 5.61. The van der Waals surface area contributed by atoms with Crippen molar-refractivity contribution in [3.63, 3.8) is 0 Å². The second-order valence-corrected chi connectivity index (χ2v) is 6.90. The minimum absolute atomic E-state index is 0.103. The third-order valence-corrected chi connectivity index (χ3v) is 5.44. The van der Waals surface area contributed by atoms with Gasteiger partial charge >= 0.3 is 0 Å². The Kier molecular flexibility index (Phi) is 4.31. The van der Waals surface area contributed by atoms with E-state index in [0.717, 1.165) is 16.4 Å². The van der Waals surface area contributed by atoms with E-state index < -0.39 is 32.7 Å². The van der Waals surface area contributed by atoms with Gasteiger partial charge in [-0.15, -0.1) is 0 Å². The number of piperidine rings is 1. The van der Waals surface area contributed by atoms with Crippen LogP contribution in [0.25, 0.3) is 0 Å². The highest BCUT2D eigenvalue weighted by molar-refractivity contribution is 7.89. The smallest absolute Gasteiger partial charge is 0.246 e. The highest BCUT2D eigenvalue weighted by Gasteiger charge is 2.37. The molecule has 1 amide bonds. The van der Waals surface area contributed by atoms with E-state index >= 15 is 0 Å². The molecule has 1 aromatic rings.